The first-order valence-electron chi connectivity index (χ1n) is 3.87. The summed E-state index contributed by atoms with van der Waals surface area (Å²) in [5.41, 5.74) is 5.56. The van der Waals surface area contributed by atoms with E-state index in [4.69, 9.17) is 10.3 Å². The fourth-order valence-corrected chi connectivity index (χ4v) is 1.70. The van der Waals surface area contributed by atoms with E-state index in [9.17, 15) is 13.2 Å². The Labute approximate surface area is 82.9 Å². The van der Waals surface area contributed by atoms with Crippen molar-refractivity contribution in [2.24, 2.45) is 11.7 Å². The van der Waals surface area contributed by atoms with Gasteiger partial charge in [-0.3, -0.25) is 9.35 Å². The maximum Gasteiger partial charge on any atom is 0.265 e. The number of hydrogen-bond acceptors (Lipinski definition) is 5. The molecule has 0 heterocycles. The van der Waals surface area contributed by atoms with Crippen molar-refractivity contribution in [1.82, 2.24) is 5.32 Å². The lowest BCUT2D eigenvalue weighted by Crippen LogP contribution is -2.44. The molecule has 0 aromatic rings. The zero-order valence-corrected chi connectivity index (χ0v) is 8.62. The van der Waals surface area contributed by atoms with Gasteiger partial charge in [0.25, 0.3) is 10.1 Å². The summed E-state index contributed by atoms with van der Waals surface area (Å²) in [6.45, 7) is 4.85. The van der Waals surface area contributed by atoms with Crippen LogP contribution < -0.4 is 11.1 Å². The molecular weight excluding hydrogens is 208 g/mol. The van der Waals surface area contributed by atoms with Gasteiger partial charge in [0.2, 0.25) is 0 Å². The van der Waals surface area contributed by atoms with Crippen LogP contribution in [0, 0.1) is 5.92 Å². The maximum absolute atomic E-state index is 10.5. The number of allylic oxidation sites excluding steroid dienone is 1. The quantitative estimate of drug-likeness (QED) is 0.232. The number of nitrogens with two attached hydrogens (primary N) is 1. The number of carbonyl (C=O) groups excluding carboxylic acids is 1. The molecule has 82 valence electrons. The maximum atomic E-state index is 10.5. The lowest BCUT2D eigenvalue weighted by atomic mass is 10.1. The second-order valence-electron chi connectivity index (χ2n) is 3.04. The van der Waals surface area contributed by atoms with Crippen LogP contribution in [0.25, 0.3) is 0 Å². The van der Waals surface area contributed by atoms with Gasteiger partial charge >= 0.3 is 0 Å². The summed E-state index contributed by atoms with van der Waals surface area (Å²) < 4.78 is 29.5. The highest BCUT2D eigenvalue weighted by Gasteiger charge is 2.18. The summed E-state index contributed by atoms with van der Waals surface area (Å²) in [6, 6.07) is 0. The van der Waals surface area contributed by atoms with Crippen molar-refractivity contribution in [3.8, 4) is 0 Å². The van der Waals surface area contributed by atoms with Gasteiger partial charge in [-0.05, 0) is 0 Å². The highest BCUT2D eigenvalue weighted by atomic mass is 32.2. The summed E-state index contributed by atoms with van der Waals surface area (Å²) in [4.78, 5) is 10.2. The van der Waals surface area contributed by atoms with Crippen LogP contribution in [0.2, 0.25) is 0 Å². The molecule has 0 saturated carbocycles. The first kappa shape index (κ1) is 13.1. The Hall–Kier alpha value is -0.920. The van der Waals surface area contributed by atoms with Crippen molar-refractivity contribution in [2.45, 2.75) is 13.1 Å². The van der Waals surface area contributed by atoms with Gasteiger partial charge in [0.1, 0.15) is 0 Å². The van der Waals surface area contributed by atoms with Crippen molar-refractivity contribution in [1.29, 1.82) is 0 Å². The molecule has 14 heavy (non-hydrogen) atoms. The third-order valence-corrected chi connectivity index (χ3v) is 2.53. The topological polar surface area (TPSA) is 109 Å². The van der Waals surface area contributed by atoms with E-state index in [1.807, 2.05) is 0 Å². The van der Waals surface area contributed by atoms with E-state index >= 15 is 0 Å². The van der Waals surface area contributed by atoms with Crippen molar-refractivity contribution in [3.05, 3.63) is 12.3 Å². The zero-order valence-electron chi connectivity index (χ0n) is 7.80. The van der Waals surface area contributed by atoms with E-state index in [2.05, 4.69) is 11.9 Å². The summed E-state index contributed by atoms with van der Waals surface area (Å²) in [5, 5.41) is 2.49. The van der Waals surface area contributed by atoms with Gasteiger partial charge in [-0.25, -0.2) is 0 Å². The molecule has 0 bridgehead atoms. The van der Waals surface area contributed by atoms with Crippen LogP contribution in [0.4, 0.5) is 0 Å². The predicted octanol–water partition coefficient (Wildman–Crippen LogP) is -0.903. The van der Waals surface area contributed by atoms with E-state index < -0.39 is 28.0 Å². The van der Waals surface area contributed by atoms with Gasteiger partial charge in [0.05, 0.1) is 17.6 Å². The first-order valence-corrected chi connectivity index (χ1v) is 5.48. The fraction of sp³-hybridized carbons (Fsp3) is 0.571. The van der Waals surface area contributed by atoms with E-state index in [0.29, 0.717) is 6.29 Å². The average molecular weight is 222 g/mol. The zero-order chi connectivity index (χ0) is 11.4. The molecule has 2 unspecified atom stereocenters. The van der Waals surface area contributed by atoms with E-state index in [-0.39, 0.29) is 5.70 Å². The normalized spacial score (nSPS) is 15.6. The Balaban J connectivity index is 4.19. The number of carbonyl (C=O) groups is 1. The molecule has 7 heteroatoms. The van der Waals surface area contributed by atoms with Gasteiger partial charge in [-0.1, -0.05) is 13.5 Å². The number of aldehydes is 1. The SMILES string of the molecule is C=C(C=O)NC(N)C(C)CS(=O)(=O)O. The summed E-state index contributed by atoms with van der Waals surface area (Å²) >= 11 is 0. The molecule has 0 aromatic heterocycles. The van der Waals surface area contributed by atoms with Gasteiger partial charge in [0, 0.05) is 5.92 Å². The summed E-state index contributed by atoms with van der Waals surface area (Å²) in [6.07, 6.45) is -0.269. The summed E-state index contributed by atoms with van der Waals surface area (Å²) in [5.74, 6) is -0.991. The number of nitrogens with one attached hydrogen (secondary N) is 1. The molecule has 0 spiro atoms. The van der Waals surface area contributed by atoms with Crippen LogP contribution in [0.15, 0.2) is 12.3 Å². The third kappa shape index (κ3) is 5.68. The standard InChI is InChI=1S/C7H14N2O4S/c1-5(4-14(11,12)13)7(8)9-6(2)3-10/h3,5,7,9H,2,4,8H2,1H3,(H,11,12,13). The molecule has 0 radical (unpaired) electrons. The minimum absolute atomic E-state index is 0.0692. The largest absolute Gasteiger partial charge is 0.368 e. The van der Waals surface area contributed by atoms with Crippen LogP contribution in [0.5, 0.6) is 0 Å². The minimum Gasteiger partial charge on any atom is -0.368 e. The van der Waals surface area contributed by atoms with Crippen molar-refractivity contribution < 1.29 is 17.8 Å². The van der Waals surface area contributed by atoms with Crippen molar-refractivity contribution in [3.63, 3.8) is 0 Å². The molecule has 0 aliphatic carbocycles. The monoisotopic (exact) mass is 222 g/mol. The van der Waals surface area contributed by atoms with Crippen LogP contribution in [-0.4, -0.2) is 31.2 Å². The molecular formula is C7H14N2O4S. The molecule has 0 aromatic carbocycles. The van der Waals surface area contributed by atoms with E-state index in [1.54, 1.807) is 0 Å². The van der Waals surface area contributed by atoms with E-state index in [0.717, 1.165) is 0 Å². The molecule has 0 aliphatic heterocycles. The fourth-order valence-electron chi connectivity index (χ4n) is 0.826. The number of rotatable bonds is 6. The minimum atomic E-state index is -4.05. The molecule has 0 fully saturated rings. The van der Waals surface area contributed by atoms with Crippen LogP contribution in [0.1, 0.15) is 6.92 Å². The Kier molecular flexibility index (Phi) is 4.75. The smallest absolute Gasteiger partial charge is 0.265 e. The predicted molar refractivity (Wildman–Crippen MR) is 51.9 cm³/mol. The molecule has 0 saturated heterocycles. The molecule has 2 atom stereocenters. The Bertz CT molecular complexity index is 312. The van der Waals surface area contributed by atoms with Crippen LogP contribution >= 0.6 is 0 Å². The highest BCUT2D eigenvalue weighted by molar-refractivity contribution is 7.85. The summed E-state index contributed by atoms with van der Waals surface area (Å²) in [7, 11) is -4.05. The second-order valence-corrected chi connectivity index (χ2v) is 4.54. The highest BCUT2D eigenvalue weighted by Crippen LogP contribution is 2.02. The molecule has 0 amide bonds. The van der Waals surface area contributed by atoms with Crippen LogP contribution in [-0.2, 0) is 14.9 Å². The Morgan fingerprint density at radius 2 is 2.21 bits per heavy atom. The van der Waals surface area contributed by atoms with Gasteiger partial charge < -0.3 is 11.1 Å². The molecule has 6 nitrogen and oxygen atoms in total. The van der Waals surface area contributed by atoms with Gasteiger partial charge in [-0.2, -0.15) is 8.42 Å². The van der Waals surface area contributed by atoms with Gasteiger partial charge in [0.15, 0.2) is 6.29 Å². The van der Waals surface area contributed by atoms with Gasteiger partial charge in [-0.15, -0.1) is 0 Å². The Morgan fingerprint density at radius 3 is 2.57 bits per heavy atom. The molecule has 4 N–H and O–H groups in total. The molecule has 0 aliphatic rings. The number of hydrogen-bond donors (Lipinski definition) is 3. The van der Waals surface area contributed by atoms with E-state index in [1.165, 1.54) is 6.92 Å². The first-order chi connectivity index (χ1) is 6.26. The lowest BCUT2D eigenvalue weighted by Gasteiger charge is -2.20. The van der Waals surface area contributed by atoms with Crippen molar-refractivity contribution >= 4 is 16.4 Å². The average Bonchev–Trinajstić information content (AvgIpc) is 2.00. The lowest BCUT2D eigenvalue weighted by molar-refractivity contribution is -0.105. The van der Waals surface area contributed by atoms with Crippen LogP contribution in [0.3, 0.4) is 0 Å². The van der Waals surface area contributed by atoms with Crippen molar-refractivity contribution in [2.75, 3.05) is 5.75 Å². The third-order valence-electron chi connectivity index (χ3n) is 1.58. The second kappa shape index (κ2) is 5.08. The molecule has 0 rings (SSSR count). The Morgan fingerprint density at radius 1 is 1.71 bits per heavy atom.